The molecule has 0 aliphatic heterocycles. The fourth-order valence-corrected chi connectivity index (χ4v) is 4.06. The van der Waals surface area contributed by atoms with Crippen molar-refractivity contribution >= 4 is 46.5 Å². The molecule has 0 radical (unpaired) electrons. The molecule has 0 spiro atoms. The van der Waals surface area contributed by atoms with Crippen molar-refractivity contribution in [2.24, 2.45) is 23.1 Å². The van der Waals surface area contributed by atoms with E-state index in [0.717, 1.165) is 11.1 Å². The highest BCUT2D eigenvalue weighted by atomic mass is 127. The summed E-state index contributed by atoms with van der Waals surface area (Å²) >= 11 is 2.34. The number of hydrogen-bond acceptors (Lipinski definition) is 11. The van der Waals surface area contributed by atoms with E-state index in [0.29, 0.717) is 12.8 Å². The quantitative estimate of drug-likeness (QED) is 0.126. The van der Waals surface area contributed by atoms with E-state index in [1.807, 2.05) is 0 Å². The van der Waals surface area contributed by atoms with Crippen molar-refractivity contribution in [1.29, 1.82) is 0 Å². The van der Waals surface area contributed by atoms with Gasteiger partial charge in [0.15, 0.2) is 23.0 Å². The molecule has 2 rings (SSSR count). The van der Waals surface area contributed by atoms with Crippen molar-refractivity contribution in [3.8, 4) is 23.0 Å². The third-order valence-corrected chi connectivity index (χ3v) is 6.97. The van der Waals surface area contributed by atoms with Crippen LogP contribution < -0.4 is 36.1 Å². The Hall–Kier alpha value is -3.07. The van der Waals surface area contributed by atoms with Crippen LogP contribution in [0.25, 0.3) is 0 Å². The molecule has 206 valence electrons. The summed E-state index contributed by atoms with van der Waals surface area (Å²) in [5, 5.41) is 0. The molecule has 12 heteroatoms. The van der Waals surface area contributed by atoms with E-state index in [4.69, 9.17) is 36.1 Å². The number of rotatable bonds is 13. The van der Waals surface area contributed by atoms with Crippen molar-refractivity contribution in [1.82, 2.24) is 0 Å². The van der Waals surface area contributed by atoms with E-state index < -0.39 is 23.9 Å². The minimum absolute atomic E-state index is 0.0769. The summed E-state index contributed by atoms with van der Waals surface area (Å²) in [7, 11) is 0. The summed E-state index contributed by atoms with van der Waals surface area (Å²) in [6.45, 7) is 2.76. The molecule has 0 saturated carbocycles. The van der Waals surface area contributed by atoms with Crippen molar-refractivity contribution < 1.29 is 38.1 Å². The summed E-state index contributed by atoms with van der Waals surface area (Å²) < 4.78 is 21.1. The maximum atomic E-state index is 11.8. The zero-order valence-corrected chi connectivity index (χ0v) is 23.4. The Balaban J connectivity index is 2.18. The number of carbonyl (C=O) groups excluding carboxylic acids is 4. The second kappa shape index (κ2) is 15.4. The van der Waals surface area contributed by atoms with Gasteiger partial charge in [-0.1, -0.05) is 48.6 Å². The van der Waals surface area contributed by atoms with Gasteiger partial charge in [-0.05, 0) is 54.2 Å². The van der Waals surface area contributed by atoms with Gasteiger partial charge >= 0.3 is 23.9 Å². The Kier molecular flexibility index (Phi) is 12.6. The lowest BCUT2D eigenvalue weighted by atomic mass is 9.94. The highest BCUT2D eigenvalue weighted by Crippen LogP contribution is 2.33. The van der Waals surface area contributed by atoms with Gasteiger partial charge in [-0.3, -0.25) is 19.2 Å². The standard InChI is InChI=1S/C26H32IN3O8/c1-3-23(31)35-19-7-5-17(11-22(19)38-26(34)14-30)9-18(27)15(2)8-16-4-6-20(36-24(32)12-28)21(10-16)37-25(33)13-29/h4-7,10-11,15,18H,3,8-9,12-14,28-30H2,1-2H3/t15-,18?/m0/s1. The molecule has 38 heavy (non-hydrogen) atoms. The number of ether oxygens (including phenoxy) is 4. The molecule has 6 N–H and O–H groups in total. The van der Waals surface area contributed by atoms with Crippen molar-refractivity contribution in [2.75, 3.05) is 19.6 Å². The van der Waals surface area contributed by atoms with Gasteiger partial charge in [-0.15, -0.1) is 0 Å². The average Bonchev–Trinajstić information content (AvgIpc) is 2.90. The minimum atomic E-state index is -0.675. The lowest BCUT2D eigenvalue weighted by Crippen LogP contribution is -2.22. The first kappa shape index (κ1) is 31.1. The Morgan fingerprint density at radius 2 is 1.08 bits per heavy atom. The monoisotopic (exact) mass is 641 g/mol. The number of hydrogen-bond donors (Lipinski definition) is 3. The maximum Gasteiger partial charge on any atom is 0.325 e. The topological polar surface area (TPSA) is 183 Å². The summed E-state index contributed by atoms with van der Waals surface area (Å²) in [5.74, 6) is -1.86. The third-order valence-electron chi connectivity index (χ3n) is 5.31. The van der Waals surface area contributed by atoms with Gasteiger partial charge in [-0.2, -0.15) is 0 Å². The first-order valence-electron chi connectivity index (χ1n) is 11.9. The zero-order valence-electron chi connectivity index (χ0n) is 21.2. The molecule has 0 heterocycles. The summed E-state index contributed by atoms with van der Waals surface area (Å²) in [5.41, 5.74) is 17.8. The second-order valence-electron chi connectivity index (χ2n) is 8.33. The molecule has 0 aromatic heterocycles. The first-order chi connectivity index (χ1) is 18.1. The van der Waals surface area contributed by atoms with Crippen LogP contribution in [0.4, 0.5) is 0 Å². The first-order valence-corrected chi connectivity index (χ1v) is 13.2. The Morgan fingerprint density at radius 3 is 1.50 bits per heavy atom. The zero-order chi connectivity index (χ0) is 28.2. The van der Waals surface area contributed by atoms with Crippen LogP contribution in [0.15, 0.2) is 36.4 Å². The van der Waals surface area contributed by atoms with Gasteiger partial charge < -0.3 is 36.1 Å². The van der Waals surface area contributed by atoms with Gasteiger partial charge in [0, 0.05) is 10.3 Å². The Morgan fingerprint density at radius 1 is 0.684 bits per heavy atom. The van der Waals surface area contributed by atoms with Crippen LogP contribution in [0.3, 0.4) is 0 Å². The van der Waals surface area contributed by atoms with E-state index in [-0.39, 0.29) is 58.9 Å². The summed E-state index contributed by atoms with van der Waals surface area (Å²) in [4.78, 5) is 46.9. The molecule has 0 bridgehead atoms. The fourth-order valence-electron chi connectivity index (χ4n) is 3.30. The predicted octanol–water partition coefficient (Wildman–Crippen LogP) is 1.82. The smallest absolute Gasteiger partial charge is 0.325 e. The fraction of sp³-hybridized carbons (Fsp3) is 0.385. The van der Waals surface area contributed by atoms with Crippen LogP contribution in [0, 0.1) is 5.92 Å². The number of alkyl halides is 1. The van der Waals surface area contributed by atoms with E-state index in [1.54, 1.807) is 43.3 Å². The maximum absolute atomic E-state index is 11.8. The van der Waals surface area contributed by atoms with Crippen LogP contribution in [-0.4, -0.2) is 47.4 Å². The molecule has 0 aliphatic rings. The van der Waals surface area contributed by atoms with E-state index in [2.05, 4.69) is 29.5 Å². The molecule has 2 atom stereocenters. The lowest BCUT2D eigenvalue weighted by molar-refractivity contribution is -0.136. The third kappa shape index (κ3) is 9.67. The van der Waals surface area contributed by atoms with Crippen LogP contribution in [0.5, 0.6) is 23.0 Å². The number of benzene rings is 2. The predicted molar refractivity (Wildman–Crippen MR) is 147 cm³/mol. The SMILES string of the molecule is CCC(=O)Oc1ccc(CC(I)[C@@H](C)Cc2ccc(OC(=O)CN)c(OC(=O)CN)c2)cc1OC(=O)CN. The summed E-state index contributed by atoms with van der Waals surface area (Å²) in [6.07, 6.45) is 1.41. The second-order valence-corrected chi connectivity index (χ2v) is 9.93. The molecule has 1 unspecified atom stereocenters. The van der Waals surface area contributed by atoms with E-state index in [1.165, 1.54) is 0 Å². The van der Waals surface area contributed by atoms with Crippen LogP contribution >= 0.6 is 22.6 Å². The molecular weight excluding hydrogens is 609 g/mol. The van der Waals surface area contributed by atoms with Gasteiger partial charge in [0.25, 0.3) is 0 Å². The molecule has 0 aliphatic carbocycles. The van der Waals surface area contributed by atoms with Crippen LogP contribution in [0.2, 0.25) is 0 Å². The van der Waals surface area contributed by atoms with Crippen molar-refractivity contribution in [3.05, 3.63) is 47.5 Å². The molecule has 0 saturated heterocycles. The van der Waals surface area contributed by atoms with Gasteiger partial charge in [0.05, 0.1) is 19.6 Å². The molecule has 0 fully saturated rings. The van der Waals surface area contributed by atoms with Gasteiger partial charge in [0.1, 0.15) is 0 Å². The van der Waals surface area contributed by atoms with Crippen molar-refractivity contribution in [3.63, 3.8) is 0 Å². The van der Waals surface area contributed by atoms with Crippen LogP contribution in [0.1, 0.15) is 31.4 Å². The number of halogens is 1. The normalized spacial score (nSPS) is 12.3. The summed E-state index contributed by atoms with van der Waals surface area (Å²) in [6, 6.07) is 10.0. The number of nitrogens with two attached hydrogens (primary N) is 3. The van der Waals surface area contributed by atoms with E-state index in [9.17, 15) is 19.2 Å². The Labute approximate surface area is 234 Å². The van der Waals surface area contributed by atoms with Gasteiger partial charge in [-0.25, -0.2) is 0 Å². The molecule has 11 nitrogen and oxygen atoms in total. The number of carbonyl (C=O) groups is 4. The Bertz CT molecular complexity index is 1070. The van der Waals surface area contributed by atoms with Crippen LogP contribution in [-0.2, 0) is 32.0 Å². The van der Waals surface area contributed by atoms with Gasteiger partial charge in [0.2, 0.25) is 0 Å². The minimum Gasteiger partial charge on any atom is -0.423 e. The highest BCUT2D eigenvalue weighted by Gasteiger charge is 2.20. The van der Waals surface area contributed by atoms with Crippen molar-refractivity contribution in [2.45, 2.75) is 37.0 Å². The molecular formula is C26H32IN3O8. The molecule has 0 amide bonds. The largest absolute Gasteiger partial charge is 0.423 e. The lowest BCUT2D eigenvalue weighted by Gasteiger charge is -2.20. The molecule has 2 aromatic rings. The van der Waals surface area contributed by atoms with E-state index >= 15 is 0 Å². The molecule has 2 aromatic carbocycles. The average molecular weight is 641 g/mol. The highest BCUT2D eigenvalue weighted by molar-refractivity contribution is 14.1. The number of esters is 4.